The number of carbonyl (C=O) groups excluding carboxylic acids is 5. The van der Waals surface area contributed by atoms with Gasteiger partial charge in [0.2, 0.25) is 12.7 Å². The van der Waals surface area contributed by atoms with Gasteiger partial charge >= 0.3 is 23.1 Å². The van der Waals surface area contributed by atoms with Gasteiger partial charge in [-0.1, -0.05) is 0 Å². The van der Waals surface area contributed by atoms with E-state index in [2.05, 4.69) is 4.79 Å². The minimum atomic E-state index is -1.62. The van der Waals surface area contributed by atoms with Crippen LogP contribution in [0.2, 0.25) is 0 Å². The maximum atomic E-state index is 13.0. The molecule has 1 aromatic rings. The molecule has 1 unspecified atom stereocenters. The Morgan fingerprint density at radius 1 is 1.20 bits per heavy atom. The number of thioether (sulfide) groups is 1. The fourth-order valence-electron chi connectivity index (χ4n) is 3.60. The Bertz CT molecular complexity index is 1330. The standard InChI is InChI=1S/C24H24N4O11S/c1-12-17(21(31)37-11-38-22(32)24(2,3)4)27-19(30)16(20(27)40-18(12)26-25)15(9-29)39-23(33)36-10-13-5-7-14(8-6-13)28(34)35/h5-9,15-16,20H,10-11H2,1-4H3/t15?,16-,20-/m0/s1. The van der Waals surface area contributed by atoms with Gasteiger partial charge in [0.1, 0.15) is 23.6 Å². The van der Waals surface area contributed by atoms with E-state index in [4.69, 9.17) is 18.9 Å². The normalized spacial score (nSPS) is 18.9. The summed E-state index contributed by atoms with van der Waals surface area (Å²) in [5.41, 5.74) is 8.63. The van der Waals surface area contributed by atoms with Crippen molar-refractivity contribution in [2.24, 2.45) is 11.3 Å². The number of esters is 2. The maximum Gasteiger partial charge on any atom is 0.509 e. The molecule has 16 heteroatoms. The van der Waals surface area contributed by atoms with E-state index in [1.165, 1.54) is 31.2 Å². The van der Waals surface area contributed by atoms with E-state index in [9.17, 15) is 39.6 Å². The lowest BCUT2D eigenvalue weighted by molar-refractivity contribution is -0.384. The van der Waals surface area contributed by atoms with E-state index >= 15 is 0 Å². The first-order chi connectivity index (χ1) is 18.8. The molecule has 1 saturated heterocycles. The monoisotopic (exact) mass is 576 g/mol. The van der Waals surface area contributed by atoms with Crippen LogP contribution < -0.4 is 0 Å². The van der Waals surface area contributed by atoms with Gasteiger partial charge in [-0.25, -0.2) is 9.59 Å². The Balaban J connectivity index is 1.67. The topological polar surface area (TPSA) is 205 Å². The number of rotatable bonds is 9. The fraction of sp³-hybridized carbons (Fsp3) is 0.417. The third-order valence-electron chi connectivity index (χ3n) is 5.73. The number of hydrogen-bond donors (Lipinski definition) is 0. The number of amides is 1. The molecule has 1 amide bonds. The average Bonchev–Trinajstić information content (AvgIpc) is 2.90. The van der Waals surface area contributed by atoms with Gasteiger partial charge in [0, 0.05) is 12.1 Å². The number of non-ortho nitro benzene ring substituents is 1. The lowest BCUT2D eigenvalue weighted by Gasteiger charge is -2.48. The zero-order valence-electron chi connectivity index (χ0n) is 21.7. The summed E-state index contributed by atoms with van der Waals surface area (Å²) >= 11 is 0.847. The first-order valence-corrected chi connectivity index (χ1v) is 12.5. The summed E-state index contributed by atoms with van der Waals surface area (Å²) in [7, 11) is 0. The highest BCUT2D eigenvalue weighted by atomic mass is 32.2. The average molecular weight is 577 g/mol. The molecule has 0 aromatic heterocycles. The number of β-lactam (4-membered cyclic amide) rings is 1. The molecule has 0 bridgehead atoms. The zero-order chi connectivity index (χ0) is 29.8. The molecule has 0 saturated carbocycles. The molecule has 3 rings (SSSR count). The van der Waals surface area contributed by atoms with Crippen LogP contribution in [0.1, 0.15) is 33.3 Å². The first kappa shape index (κ1) is 30.0. The summed E-state index contributed by atoms with van der Waals surface area (Å²) in [6.45, 7) is 5.15. The molecule has 1 aromatic carbocycles. The van der Waals surface area contributed by atoms with Gasteiger partial charge in [0.05, 0.1) is 15.9 Å². The number of hydrogen-bond acceptors (Lipinski definition) is 12. The second-order valence-electron chi connectivity index (χ2n) is 9.53. The van der Waals surface area contributed by atoms with Crippen molar-refractivity contribution in [2.45, 2.75) is 45.8 Å². The minimum absolute atomic E-state index is 0.0530. The Labute approximate surface area is 231 Å². The highest BCUT2D eigenvalue weighted by Gasteiger charge is 2.60. The van der Waals surface area contributed by atoms with E-state index < -0.39 is 58.5 Å². The third kappa shape index (κ3) is 6.35. The number of nitro benzene ring substituents is 1. The quantitative estimate of drug-likeness (QED) is 0.0607. The van der Waals surface area contributed by atoms with E-state index in [1.54, 1.807) is 20.8 Å². The highest BCUT2D eigenvalue weighted by molar-refractivity contribution is 8.14. The number of fused-ring (bicyclic) bond motifs is 1. The maximum absolute atomic E-state index is 13.0. The van der Waals surface area contributed by atoms with Crippen LogP contribution in [0.3, 0.4) is 0 Å². The molecule has 3 atom stereocenters. The molecule has 0 N–H and O–H groups in total. The van der Waals surface area contributed by atoms with Gasteiger partial charge in [-0.05, 0) is 57.2 Å². The second kappa shape index (κ2) is 12.1. The fourth-order valence-corrected chi connectivity index (χ4v) is 4.88. The number of carbonyl (C=O) groups is 5. The first-order valence-electron chi connectivity index (χ1n) is 11.6. The van der Waals surface area contributed by atoms with Crippen molar-refractivity contribution >= 4 is 52.8 Å². The molecule has 0 aliphatic carbocycles. The third-order valence-corrected chi connectivity index (χ3v) is 7.09. The molecule has 40 heavy (non-hydrogen) atoms. The summed E-state index contributed by atoms with van der Waals surface area (Å²) in [5.74, 6) is -3.70. The molecule has 2 heterocycles. The molecule has 2 aliphatic heterocycles. The van der Waals surface area contributed by atoms with Crippen molar-refractivity contribution in [1.29, 1.82) is 0 Å². The van der Waals surface area contributed by atoms with E-state index in [-0.39, 0.29) is 34.9 Å². The smallest absolute Gasteiger partial charge is 0.429 e. The molecule has 0 radical (unpaired) electrons. The van der Waals surface area contributed by atoms with Crippen LogP contribution in [0.15, 0.2) is 35.5 Å². The number of nitrogens with zero attached hydrogens (tertiary/aromatic N) is 4. The van der Waals surface area contributed by atoms with Crippen LogP contribution in [0.5, 0.6) is 0 Å². The van der Waals surface area contributed by atoms with Crippen molar-refractivity contribution in [3.05, 3.63) is 56.7 Å². The summed E-state index contributed by atoms with van der Waals surface area (Å²) in [6.07, 6.45) is -2.68. The number of aldehydes is 1. The summed E-state index contributed by atoms with van der Waals surface area (Å²) in [4.78, 5) is 76.1. The summed E-state index contributed by atoms with van der Waals surface area (Å²) < 4.78 is 19.9. The van der Waals surface area contributed by atoms with Gasteiger partial charge in [0.15, 0.2) is 12.4 Å². The van der Waals surface area contributed by atoms with Gasteiger partial charge in [-0.2, -0.15) is 4.79 Å². The van der Waals surface area contributed by atoms with Gasteiger partial charge in [-0.15, -0.1) is 0 Å². The molecule has 0 spiro atoms. The number of ether oxygens (including phenoxy) is 4. The molecule has 2 aliphatic rings. The van der Waals surface area contributed by atoms with E-state index in [1.807, 2.05) is 0 Å². The van der Waals surface area contributed by atoms with Crippen LogP contribution in [0, 0.1) is 21.4 Å². The molecule has 15 nitrogen and oxygen atoms in total. The number of nitro groups is 1. The Morgan fingerprint density at radius 3 is 2.40 bits per heavy atom. The molecular formula is C24H24N4O11S. The SMILES string of the molecule is CC1=C(C(=O)OCOC(=O)C(C)(C)C)N2C(=O)[C@H](C(C=O)OC(=O)OCc3ccc([N+](=O)[O-])cc3)[C@@H]2SC1=[N+]=[N-]. The predicted molar refractivity (Wildman–Crippen MR) is 134 cm³/mol. The van der Waals surface area contributed by atoms with Gasteiger partial charge < -0.3 is 24.5 Å². The largest absolute Gasteiger partial charge is 0.509 e. The van der Waals surface area contributed by atoms with Crippen molar-refractivity contribution in [2.75, 3.05) is 6.79 Å². The van der Waals surface area contributed by atoms with Crippen LogP contribution in [-0.2, 0) is 44.7 Å². The van der Waals surface area contributed by atoms with Crippen molar-refractivity contribution < 1.29 is 52.6 Å². The number of benzene rings is 1. The summed E-state index contributed by atoms with van der Waals surface area (Å²) in [6, 6.07) is 5.16. The Kier molecular flexibility index (Phi) is 9.06. The van der Waals surface area contributed by atoms with Crippen molar-refractivity contribution in [3.63, 3.8) is 0 Å². The van der Waals surface area contributed by atoms with Crippen molar-refractivity contribution in [3.8, 4) is 0 Å². The van der Waals surface area contributed by atoms with Crippen LogP contribution >= 0.6 is 11.8 Å². The predicted octanol–water partition coefficient (Wildman–Crippen LogP) is 2.34. The highest BCUT2D eigenvalue weighted by Crippen LogP contribution is 2.46. The van der Waals surface area contributed by atoms with Gasteiger partial charge in [0.25, 0.3) is 5.69 Å². The lowest BCUT2D eigenvalue weighted by Crippen LogP contribution is -2.66. The van der Waals surface area contributed by atoms with Crippen molar-refractivity contribution in [1.82, 2.24) is 4.90 Å². The zero-order valence-corrected chi connectivity index (χ0v) is 22.5. The van der Waals surface area contributed by atoms with Crippen LogP contribution in [0.25, 0.3) is 5.53 Å². The molecular weight excluding hydrogens is 552 g/mol. The molecule has 1 fully saturated rings. The molecule has 212 valence electrons. The van der Waals surface area contributed by atoms with Crippen LogP contribution in [0.4, 0.5) is 10.5 Å². The minimum Gasteiger partial charge on any atom is -0.429 e. The van der Waals surface area contributed by atoms with Crippen LogP contribution in [-0.4, -0.2) is 68.2 Å². The Morgan fingerprint density at radius 2 is 1.85 bits per heavy atom. The summed E-state index contributed by atoms with van der Waals surface area (Å²) in [5, 5.41) is 9.70. The van der Waals surface area contributed by atoms with E-state index in [0.717, 1.165) is 16.7 Å². The second-order valence-corrected chi connectivity index (χ2v) is 10.6. The lowest BCUT2D eigenvalue weighted by atomic mass is 9.90. The van der Waals surface area contributed by atoms with Gasteiger partial charge in [-0.3, -0.25) is 29.4 Å². The van der Waals surface area contributed by atoms with E-state index in [0.29, 0.717) is 5.56 Å². The Hall–Kier alpha value is -4.56.